The van der Waals surface area contributed by atoms with Crippen molar-refractivity contribution in [1.29, 1.82) is 0 Å². The molecule has 7 nitrogen and oxygen atoms in total. The highest BCUT2D eigenvalue weighted by Crippen LogP contribution is 2.28. The third kappa shape index (κ3) is 6.38. The lowest BCUT2D eigenvalue weighted by Crippen LogP contribution is -2.55. The summed E-state index contributed by atoms with van der Waals surface area (Å²) in [5, 5.41) is 6.07. The molecule has 1 aliphatic carbocycles. The number of carbonyl (C=O) groups is 3. The average Bonchev–Trinajstić information content (AvgIpc) is 2.66. The highest BCUT2D eigenvalue weighted by atomic mass is 16.6. The molecule has 1 heterocycles. The Bertz CT molecular complexity index is 536. The zero-order valence-electron chi connectivity index (χ0n) is 17.8. The maximum Gasteiger partial charge on any atom is 0.409 e. The van der Waals surface area contributed by atoms with Gasteiger partial charge in [0.15, 0.2) is 0 Å². The number of nitrogens with one attached hydrogen (secondary N) is 2. The van der Waals surface area contributed by atoms with E-state index in [1.165, 1.54) is 0 Å². The minimum atomic E-state index is -0.519. The first-order valence-electron chi connectivity index (χ1n) is 10.8. The third-order valence-electron chi connectivity index (χ3n) is 6.00. The second-order valence-electron chi connectivity index (χ2n) is 8.66. The summed E-state index contributed by atoms with van der Waals surface area (Å²) in [5.41, 5.74) is 0. The summed E-state index contributed by atoms with van der Waals surface area (Å²) in [7, 11) is 0. The van der Waals surface area contributed by atoms with Gasteiger partial charge < -0.3 is 20.3 Å². The fraction of sp³-hybridized carbons (Fsp3) is 0.857. The van der Waals surface area contributed by atoms with Crippen molar-refractivity contribution in [3.63, 3.8) is 0 Å². The van der Waals surface area contributed by atoms with Crippen LogP contribution >= 0.6 is 0 Å². The Morgan fingerprint density at radius 2 is 1.64 bits per heavy atom. The summed E-state index contributed by atoms with van der Waals surface area (Å²) in [4.78, 5) is 38.9. The van der Waals surface area contributed by atoms with Gasteiger partial charge in [-0.05, 0) is 57.3 Å². The molecule has 7 heteroatoms. The molecule has 2 N–H and O–H groups in total. The lowest BCUT2D eigenvalue weighted by Gasteiger charge is -2.33. The number of carbonyl (C=O) groups excluding carboxylic acids is 3. The number of nitrogens with zero attached hydrogens (tertiary/aromatic N) is 1. The molecule has 0 radical (unpaired) electrons. The van der Waals surface area contributed by atoms with Crippen LogP contribution in [0.2, 0.25) is 0 Å². The van der Waals surface area contributed by atoms with Crippen molar-refractivity contribution in [2.45, 2.75) is 78.3 Å². The highest BCUT2D eigenvalue weighted by molar-refractivity contribution is 5.88. The van der Waals surface area contributed by atoms with Crippen molar-refractivity contribution in [2.24, 2.45) is 17.8 Å². The van der Waals surface area contributed by atoms with Gasteiger partial charge in [-0.3, -0.25) is 9.59 Å². The number of ether oxygens (including phenoxy) is 1. The van der Waals surface area contributed by atoms with Gasteiger partial charge in [0, 0.05) is 25.0 Å². The molecule has 2 rings (SSSR count). The lowest BCUT2D eigenvalue weighted by atomic mass is 9.82. The Kier molecular flexibility index (Phi) is 8.58. The normalized spacial score (nSPS) is 24.5. The highest BCUT2D eigenvalue weighted by Gasteiger charge is 2.32. The number of piperidine rings is 1. The molecule has 0 unspecified atom stereocenters. The molecule has 0 aromatic heterocycles. The summed E-state index contributed by atoms with van der Waals surface area (Å²) >= 11 is 0. The quantitative estimate of drug-likeness (QED) is 0.724. The van der Waals surface area contributed by atoms with Crippen molar-refractivity contribution < 1.29 is 19.1 Å². The minimum absolute atomic E-state index is 0.0119. The van der Waals surface area contributed by atoms with Crippen LogP contribution in [0.5, 0.6) is 0 Å². The Morgan fingerprint density at radius 3 is 2.18 bits per heavy atom. The largest absolute Gasteiger partial charge is 0.450 e. The van der Waals surface area contributed by atoms with Crippen LogP contribution in [0, 0.1) is 17.8 Å². The van der Waals surface area contributed by atoms with E-state index in [9.17, 15) is 14.4 Å². The number of likely N-dealkylation sites (tertiary alicyclic amines) is 1. The van der Waals surface area contributed by atoms with Crippen LogP contribution in [0.1, 0.15) is 66.2 Å². The first-order valence-corrected chi connectivity index (χ1v) is 10.8. The molecule has 0 aromatic carbocycles. The van der Waals surface area contributed by atoms with Gasteiger partial charge in [0.25, 0.3) is 0 Å². The van der Waals surface area contributed by atoms with Crippen LogP contribution in [-0.2, 0) is 14.3 Å². The predicted octanol–water partition coefficient (Wildman–Crippen LogP) is 2.69. The Balaban J connectivity index is 1.83. The molecule has 0 bridgehead atoms. The van der Waals surface area contributed by atoms with Gasteiger partial charge in [0.2, 0.25) is 11.8 Å². The second kappa shape index (κ2) is 10.7. The summed E-state index contributed by atoms with van der Waals surface area (Å²) < 4.78 is 5.03. The van der Waals surface area contributed by atoms with Gasteiger partial charge in [-0.25, -0.2) is 4.79 Å². The van der Waals surface area contributed by atoms with Crippen molar-refractivity contribution in [3.05, 3.63) is 0 Å². The average molecular weight is 396 g/mol. The standard InChI is InChI=1S/C21H37N3O4/c1-5-28-21(27)24-12-10-17(11-13-24)22-20(26)18(14(2)3)23-19(25)16-8-6-15(4)7-9-16/h14-18H,5-13H2,1-4H3,(H,22,26)(H,23,25)/t15?,16?,18-/m1/s1. The van der Waals surface area contributed by atoms with Crippen LogP contribution in [0.3, 0.4) is 0 Å². The molecule has 2 aliphatic rings. The lowest BCUT2D eigenvalue weighted by molar-refractivity contribution is -0.133. The molecular formula is C21H37N3O4. The zero-order valence-corrected chi connectivity index (χ0v) is 17.8. The van der Waals surface area contributed by atoms with E-state index in [4.69, 9.17) is 4.74 Å². The molecule has 1 aliphatic heterocycles. The SMILES string of the molecule is CCOC(=O)N1CCC(NC(=O)[C@H](NC(=O)C2CCC(C)CC2)C(C)C)CC1. The van der Waals surface area contributed by atoms with Gasteiger partial charge in [-0.15, -0.1) is 0 Å². The van der Waals surface area contributed by atoms with Crippen LogP contribution in [0.25, 0.3) is 0 Å². The monoisotopic (exact) mass is 395 g/mol. The first kappa shape index (κ1) is 22.5. The van der Waals surface area contributed by atoms with Crippen molar-refractivity contribution >= 4 is 17.9 Å². The molecule has 28 heavy (non-hydrogen) atoms. The Hall–Kier alpha value is -1.79. The molecule has 0 aromatic rings. The molecule has 2 fully saturated rings. The third-order valence-corrected chi connectivity index (χ3v) is 6.00. The van der Waals surface area contributed by atoms with Gasteiger partial charge >= 0.3 is 6.09 Å². The molecule has 1 saturated heterocycles. The van der Waals surface area contributed by atoms with Gasteiger partial charge in [-0.2, -0.15) is 0 Å². The van der Waals surface area contributed by atoms with Crippen LogP contribution in [0.15, 0.2) is 0 Å². The van der Waals surface area contributed by atoms with Gasteiger partial charge in [-0.1, -0.05) is 20.8 Å². The number of hydrogen-bond donors (Lipinski definition) is 2. The summed E-state index contributed by atoms with van der Waals surface area (Å²) in [6.07, 6.45) is 5.08. The summed E-state index contributed by atoms with van der Waals surface area (Å²) in [6, 6.07) is -0.498. The van der Waals surface area contributed by atoms with Crippen LogP contribution in [0.4, 0.5) is 4.79 Å². The molecule has 0 spiro atoms. The van der Waals surface area contributed by atoms with Gasteiger partial charge in [0.1, 0.15) is 6.04 Å². The van der Waals surface area contributed by atoms with Gasteiger partial charge in [0.05, 0.1) is 6.61 Å². The molecular weight excluding hydrogens is 358 g/mol. The maximum atomic E-state index is 12.8. The van der Waals surface area contributed by atoms with E-state index < -0.39 is 6.04 Å². The predicted molar refractivity (Wildman–Crippen MR) is 108 cm³/mol. The topological polar surface area (TPSA) is 87.7 Å². The number of rotatable bonds is 6. The smallest absolute Gasteiger partial charge is 0.409 e. The molecule has 1 saturated carbocycles. The zero-order chi connectivity index (χ0) is 20.7. The van der Waals surface area contributed by atoms with E-state index in [0.717, 1.165) is 25.7 Å². The maximum absolute atomic E-state index is 12.8. The molecule has 3 amide bonds. The fourth-order valence-corrected chi connectivity index (χ4v) is 4.04. The Morgan fingerprint density at radius 1 is 1.04 bits per heavy atom. The van der Waals surface area contributed by atoms with E-state index in [2.05, 4.69) is 17.6 Å². The summed E-state index contributed by atoms with van der Waals surface area (Å²) in [6.45, 7) is 9.44. The van der Waals surface area contributed by atoms with Crippen LogP contribution < -0.4 is 10.6 Å². The number of hydrogen-bond acceptors (Lipinski definition) is 4. The fourth-order valence-electron chi connectivity index (χ4n) is 4.04. The summed E-state index contributed by atoms with van der Waals surface area (Å²) in [5.74, 6) is 0.623. The molecule has 1 atom stereocenters. The van der Waals surface area contributed by atoms with E-state index >= 15 is 0 Å². The van der Waals surface area contributed by atoms with Crippen molar-refractivity contribution in [3.8, 4) is 0 Å². The van der Waals surface area contributed by atoms with Crippen molar-refractivity contribution in [1.82, 2.24) is 15.5 Å². The second-order valence-corrected chi connectivity index (χ2v) is 8.66. The Labute approximate surface area is 168 Å². The van der Waals surface area contributed by atoms with E-state index in [1.807, 2.05) is 13.8 Å². The van der Waals surface area contributed by atoms with Crippen molar-refractivity contribution in [2.75, 3.05) is 19.7 Å². The van der Waals surface area contributed by atoms with E-state index in [-0.39, 0.29) is 35.8 Å². The van der Waals surface area contributed by atoms with E-state index in [0.29, 0.717) is 38.5 Å². The van der Waals surface area contributed by atoms with E-state index in [1.54, 1.807) is 11.8 Å². The number of amides is 3. The first-order chi connectivity index (χ1) is 13.3. The minimum Gasteiger partial charge on any atom is -0.450 e. The molecule has 160 valence electrons. The van der Waals surface area contributed by atoms with Crippen LogP contribution in [-0.4, -0.2) is 54.6 Å².